The molecule has 1 amide bonds. The standard InChI is InChI=1S/C22H17BrClN3O2/c1-12-9-18-19(11-17(12)24)27-21(26-18)13-3-6-15(7-4-13)25-22(28)14-5-8-20(29-2)16(23)10-14/h3-11H,1-2H3,(H,25,28)(H,26,27). The lowest BCUT2D eigenvalue weighted by Crippen LogP contribution is -2.11. The monoisotopic (exact) mass is 469 g/mol. The number of hydrogen-bond acceptors (Lipinski definition) is 3. The van der Waals surface area contributed by atoms with Crippen molar-refractivity contribution in [2.45, 2.75) is 6.92 Å². The van der Waals surface area contributed by atoms with Crippen LogP contribution in [0.4, 0.5) is 5.69 Å². The first-order valence-corrected chi connectivity index (χ1v) is 10.0. The molecular weight excluding hydrogens is 454 g/mol. The fourth-order valence-corrected chi connectivity index (χ4v) is 3.70. The molecule has 0 aliphatic rings. The number of rotatable bonds is 4. The zero-order chi connectivity index (χ0) is 20.5. The minimum atomic E-state index is -0.199. The Labute approximate surface area is 181 Å². The second-order valence-corrected chi connectivity index (χ2v) is 7.85. The number of nitrogens with one attached hydrogen (secondary N) is 2. The molecule has 0 saturated heterocycles. The second-order valence-electron chi connectivity index (χ2n) is 6.58. The summed E-state index contributed by atoms with van der Waals surface area (Å²) in [5, 5.41) is 3.59. The van der Waals surface area contributed by atoms with Gasteiger partial charge in [-0.15, -0.1) is 0 Å². The van der Waals surface area contributed by atoms with Crippen molar-refractivity contribution in [1.82, 2.24) is 9.97 Å². The molecule has 7 heteroatoms. The SMILES string of the molecule is COc1ccc(C(=O)Nc2ccc(-c3nc4cc(Cl)c(C)cc4[nH]3)cc2)cc1Br. The van der Waals surface area contributed by atoms with E-state index in [1.165, 1.54) is 0 Å². The van der Waals surface area contributed by atoms with E-state index in [2.05, 4.69) is 31.2 Å². The predicted molar refractivity (Wildman–Crippen MR) is 120 cm³/mol. The van der Waals surface area contributed by atoms with Crippen LogP contribution in [0.5, 0.6) is 5.75 Å². The van der Waals surface area contributed by atoms with Gasteiger partial charge in [-0.2, -0.15) is 0 Å². The van der Waals surface area contributed by atoms with Crippen LogP contribution in [0.25, 0.3) is 22.4 Å². The largest absolute Gasteiger partial charge is 0.496 e. The number of anilines is 1. The van der Waals surface area contributed by atoms with Crippen molar-refractivity contribution in [3.8, 4) is 17.1 Å². The second kappa shape index (κ2) is 7.89. The van der Waals surface area contributed by atoms with E-state index in [1.807, 2.05) is 43.3 Å². The number of aryl methyl sites for hydroxylation is 1. The molecule has 1 heterocycles. The van der Waals surface area contributed by atoms with Crippen molar-refractivity contribution >= 4 is 50.2 Å². The average Bonchev–Trinajstić information content (AvgIpc) is 3.11. The van der Waals surface area contributed by atoms with Gasteiger partial charge in [0.25, 0.3) is 5.91 Å². The first-order valence-electron chi connectivity index (χ1n) is 8.86. The van der Waals surface area contributed by atoms with E-state index < -0.39 is 0 Å². The molecule has 29 heavy (non-hydrogen) atoms. The summed E-state index contributed by atoms with van der Waals surface area (Å²) >= 11 is 9.58. The fraction of sp³-hybridized carbons (Fsp3) is 0.0909. The number of hydrogen-bond donors (Lipinski definition) is 2. The summed E-state index contributed by atoms with van der Waals surface area (Å²) in [6, 6.07) is 16.5. The highest BCUT2D eigenvalue weighted by Crippen LogP contribution is 2.27. The number of ether oxygens (including phenoxy) is 1. The Morgan fingerprint density at radius 3 is 2.59 bits per heavy atom. The van der Waals surface area contributed by atoms with Gasteiger partial charge in [0.05, 0.1) is 22.6 Å². The van der Waals surface area contributed by atoms with Gasteiger partial charge >= 0.3 is 0 Å². The van der Waals surface area contributed by atoms with Crippen LogP contribution in [0.1, 0.15) is 15.9 Å². The minimum absolute atomic E-state index is 0.199. The summed E-state index contributed by atoms with van der Waals surface area (Å²) in [6.07, 6.45) is 0. The fourth-order valence-electron chi connectivity index (χ4n) is 3.00. The number of imidazole rings is 1. The van der Waals surface area contributed by atoms with Gasteiger partial charge in [-0.1, -0.05) is 11.6 Å². The Bertz CT molecular complexity index is 1180. The van der Waals surface area contributed by atoms with Crippen LogP contribution in [0.15, 0.2) is 59.1 Å². The van der Waals surface area contributed by atoms with Crippen LogP contribution in [0, 0.1) is 6.92 Å². The summed E-state index contributed by atoms with van der Waals surface area (Å²) in [7, 11) is 1.58. The Balaban J connectivity index is 1.53. The summed E-state index contributed by atoms with van der Waals surface area (Å²) in [4.78, 5) is 20.4. The molecule has 5 nitrogen and oxygen atoms in total. The lowest BCUT2D eigenvalue weighted by molar-refractivity contribution is 0.102. The molecule has 0 radical (unpaired) electrons. The maximum atomic E-state index is 12.5. The van der Waals surface area contributed by atoms with E-state index in [0.29, 0.717) is 22.0 Å². The number of aromatic nitrogens is 2. The van der Waals surface area contributed by atoms with Crippen LogP contribution in [0.2, 0.25) is 5.02 Å². The molecule has 3 aromatic carbocycles. The smallest absolute Gasteiger partial charge is 0.255 e. The van der Waals surface area contributed by atoms with E-state index in [0.717, 1.165) is 32.5 Å². The molecule has 0 bridgehead atoms. The number of H-pyrrole nitrogens is 1. The third-order valence-electron chi connectivity index (χ3n) is 4.59. The number of carbonyl (C=O) groups is 1. The van der Waals surface area contributed by atoms with Crippen molar-refractivity contribution in [3.63, 3.8) is 0 Å². The number of aromatic amines is 1. The van der Waals surface area contributed by atoms with Crippen LogP contribution < -0.4 is 10.1 Å². The number of fused-ring (bicyclic) bond motifs is 1. The van der Waals surface area contributed by atoms with Crippen molar-refractivity contribution in [2.24, 2.45) is 0 Å². The third-order valence-corrected chi connectivity index (χ3v) is 5.62. The van der Waals surface area contributed by atoms with Crippen LogP contribution >= 0.6 is 27.5 Å². The van der Waals surface area contributed by atoms with Gasteiger partial charge in [0.1, 0.15) is 11.6 Å². The van der Waals surface area contributed by atoms with Gasteiger partial charge in [-0.25, -0.2) is 4.98 Å². The predicted octanol–water partition coefficient (Wildman–Crippen LogP) is 6.22. The van der Waals surface area contributed by atoms with Gasteiger partial charge in [0.2, 0.25) is 0 Å². The first-order chi connectivity index (χ1) is 13.9. The Kier molecular flexibility index (Phi) is 5.30. The zero-order valence-corrected chi connectivity index (χ0v) is 18.1. The normalized spacial score (nSPS) is 10.9. The first kappa shape index (κ1) is 19.5. The van der Waals surface area contributed by atoms with E-state index in [4.69, 9.17) is 16.3 Å². The third kappa shape index (κ3) is 3.99. The van der Waals surface area contributed by atoms with E-state index >= 15 is 0 Å². The molecule has 0 aliphatic heterocycles. The average molecular weight is 471 g/mol. The van der Waals surface area contributed by atoms with Gasteiger partial charge in [-0.3, -0.25) is 4.79 Å². The number of halogens is 2. The topological polar surface area (TPSA) is 67.0 Å². The molecule has 0 aliphatic carbocycles. The number of carbonyl (C=O) groups excluding carboxylic acids is 1. The molecule has 4 rings (SSSR count). The van der Waals surface area contributed by atoms with Crippen LogP contribution in [-0.4, -0.2) is 23.0 Å². The lowest BCUT2D eigenvalue weighted by atomic mass is 10.1. The molecule has 0 atom stereocenters. The van der Waals surface area contributed by atoms with Gasteiger partial charge in [-0.05, 0) is 83.0 Å². The van der Waals surface area contributed by atoms with Crippen molar-refractivity contribution in [3.05, 3.63) is 75.2 Å². The maximum absolute atomic E-state index is 12.5. The number of benzene rings is 3. The number of nitrogens with zero attached hydrogens (tertiary/aromatic N) is 1. The van der Waals surface area contributed by atoms with Crippen LogP contribution in [0.3, 0.4) is 0 Å². The highest BCUT2D eigenvalue weighted by molar-refractivity contribution is 9.10. The zero-order valence-electron chi connectivity index (χ0n) is 15.7. The van der Waals surface area contributed by atoms with Gasteiger partial charge < -0.3 is 15.0 Å². The molecule has 0 fully saturated rings. The minimum Gasteiger partial charge on any atom is -0.496 e. The molecule has 0 unspecified atom stereocenters. The Morgan fingerprint density at radius 1 is 1.14 bits per heavy atom. The van der Waals surface area contributed by atoms with E-state index in [-0.39, 0.29) is 5.91 Å². The lowest BCUT2D eigenvalue weighted by Gasteiger charge is -2.08. The highest BCUT2D eigenvalue weighted by Gasteiger charge is 2.11. The van der Waals surface area contributed by atoms with E-state index in [1.54, 1.807) is 25.3 Å². The summed E-state index contributed by atoms with van der Waals surface area (Å²) in [6.45, 7) is 1.96. The quantitative estimate of drug-likeness (QED) is 0.372. The summed E-state index contributed by atoms with van der Waals surface area (Å²) in [5.41, 5.74) is 4.90. The van der Waals surface area contributed by atoms with Gasteiger partial charge in [0.15, 0.2) is 0 Å². The number of methoxy groups -OCH3 is 1. The molecular formula is C22H17BrClN3O2. The summed E-state index contributed by atoms with van der Waals surface area (Å²) < 4.78 is 5.92. The molecule has 0 saturated carbocycles. The van der Waals surface area contributed by atoms with Crippen molar-refractivity contribution in [2.75, 3.05) is 12.4 Å². The van der Waals surface area contributed by atoms with Crippen LogP contribution in [-0.2, 0) is 0 Å². The Morgan fingerprint density at radius 2 is 1.90 bits per heavy atom. The van der Waals surface area contributed by atoms with Crippen molar-refractivity contribution in [1.29, 1.82) is 0 Å². The van der Waals surface area contributed by atoms with Crippen molar-refractivity contribution < 1.29 is 9.53 Å². The van der Waals surface area contributed by atoms with E-state index in [9.17, 15) is 4.79 Å². The van der Waals surface area contributed by atoms with Gasteiger partial charge in [0, 0.05) is 21.8 Å². The number of amides is 1. The molecule has 146 valence electrons. The summed E-state index contributed by atoms with van der Waals surface area (Å²) in [5.74, 6) is 1.22. The molecule has 4 aromatic rings. The molecule has 2 N–H and O–H groups in total. The molecule has 0 spiro atoms. The molecule has 1 aromatic heterocycles. The highest BCUT2D eigenvalue weighted by atomic mass is 79.9. The Hall–Kier alpha value is -2.83. The maximum Gasteiger partial charge on any atom is 0.255 e.